The second kappa shape index (κ2) is 9.40. The van der Waals surface area contributed by atoms with Crippen LogP contribution in [-0.4, -0.2) is 30.9 Å². The molecule has 0 aliphatic rings. The molecule has 0 aliphatic heterocycles. The van der Waals surface area contributed by atoms with Gasteiger partial charge >= 0.3 is 0 Å². The summed E-state index contributed by atoms with van der Waals surface area (Å²) in [6, 6.07) is 12.2. The maximum atomic E-state index is 12.4. The van der Waals surface area contributed by atoms with Crippen LogP contribution in [0.25, 0.3) is 0 Å². The molecule has 5 heteroatoms. The average Bonchev–Trinajstić information content (AvgIpc) is 2.61. The van der Waals surface area contributed by atoms with Crippen molar-refractivity contribution in [1.82, 2.24) is 5.32 Å². The maximum Gasteiger partial charge on any atom is 0.243 e. The Balaban J connectivity index is 1.96. The normalized spacial score (nSPS) is 10.7. The largest absolute Gasteiger partial charge is 0.360 e. The number of benzene rings is 2. The Kier molecular flexibility index (Phi) is 7.21. The Morgan fingerprint density at radius 2 is 1.54 bits per heavy atom. The van der Waals surface area contributed by atoms with Crippen molar-refractivity contribution < 1.29 is 9.59 Å². The van der Waals surface area contributed by atoms with E-state index in [0.717, 1.165) is 33.6 Å². The van der Waals surface area contributed by atoms with Crippen LogP contribution < -0.4 is 15.5 Å². The molecule has 2 rings (SSSR count). The van der Waals surface area contributed by atoms with Crippen LogP contribution in [0.5, 0.6) is 0 Å². The summed E-state index contributed by atoms with van der Waals surface area (Å²) in [6.45, 7) is 12.3. The standard InChI is InChI=1S/C23H31N3O2/c1-15(2)26(20-10-8-7-9-17(20)4)14-22(28)24-13-21(27)25-23-18(5)11-16(3)12-19(23)6/h7-12,15H,13-14H2,1-6H3,(H,24,28)(H,25,27). The lowest BCUT2D eigenvalue weighted by Gasteiger charge is -2.29. The van der Waals surface area contributed by atoms with Crippen molar-refractivity contribution in [1.29, 1.82) is 0 Å². The van der Waals surface area contributed by atoms with Crippen molar-refractivity contribution in [2.75, 3.05) is 23.3 Å². The zero-order chi connectivity index (χ0) is 20.8. The van der Waals surface area contributed by atoms with E-state index in [0.29, 0.717) is 0 Å². The van der Waals surface area contributed by atoms with Gasteiger partial charge in [-0.15, -0.1) is 0 Å². The highest BCUT2D eigenvalue weighted by Gasteiger charge is 2.17. The first kappa shape index (κ1) is 21.5. The molecule has 2 aromatic rings. The maximum absolute atomic E-state index is 12.4. The molecule has 150 valence electrons. The van der Waals surface area contributed by atoms with Crippen LogP contribution in [0.1, 0.15) is 36.1 Å². The molecule has 28 heavy (non-hydrogen) atoms. The minimum absolute atomic E-state index is 0.0503. The molecular formula is C23H31N3O2. The fraction of sp³-hybridized carbons (Fsp3) is 0.391. The summed E-state index contributed by atoms with van der Waals surface area (Å²) in [4.78, 5) is 26.8. The summed E-state index contributed by atoms with van der Waals surface area (Å²) in [6.07, 6.45) is 0. The first-order valence-electron chi connectivity index (χ1n) is 9.65. The fourth-order valence-corrected chi connectivity index (χ4v) is 3.38. The highest BCUT2D eigenvalue weighted by molar-refractivity contribution is 5.96. The number of anilines is 2. The summed E-state index contributed by atoms with van der Waals surface area (Å²) < 4.78 is 0. The summed E-state index contributed by atoms with van der Waals surface area (Å²) in [7, 11) is 0. The number of carbonyl (C=O) groups is 2. The number of rotatable bonds is 7. The molecule has 0 spiro atoms. The molecule has 0 unspecified atom stereocenters. The summed E-state index contributed by atoms with van der Waals surface area (Å²) >= 11 is 0. The van der Waals surface area contributed by atoms with Gasteiger partial charge in [0.15, 0.2) is 0 Å². The zero-order valence-electron chi connectivity index (χ0n) is 17.7. The van der Waals surface area contributed by atoms with E-state index in [-0.39, 0.29) is 30.9 Å². The number of nitrogens with zero attached hydrogens (tertiary/aromatic N) is 1. The van der Waals surface area contributed by atoms with Gasteiger partial charge in [-0.2, -0.15) is 0 Å². The van der Waals surface area contributed by atoms with Gasteiger partial charge in [0.1, 0.15) is 0 Å². The summed E-state index contributed by atoms with van der Waals surface area (Å²) in [5.74, 6) is -0.403. The van der Waals surface area contributed by atoms with Gasteiger partial charge in [-0.25, -0.2) is 0 Å². The first-order chi connectivity index (χ1) is 13.2. The van der Waals surface area contributed by atoms with E-state index in [4.69, 9.17) is 0 Å². The van der Waals surface area contributed by atoms with E-state index in [1.54, 1.807) is 0 Å². The quantitative estimate of drug-likeness (QED) is 0.765. The smallest absolute Gasteiger partial charge is 0.243 e. The van der Waals surface area contributed by atoms with E-state index in [1.807, 2.05) is 69.0 Å². The number of amides is 2. The number of para-hydroxylation sites is 1. The monoisotopic (exact) mass is 381 g/mol. The van der Waals surface area contributed by atoms with Crippen LogP contribution in [0, 0.1) is 27.7 Å². The number of nitrogens with one attached hydrogen (secondary N) is 2. The molecule has 0 heterocycles. The Morgan fingerprint density at radius 1 is 0.929 bits per heavy atom. The van der Waals surface area contributed by atoms with E-state index >= 15 is 0 Å². The lowest BCUT2D eigenvalue weighted by molar-refractivity contribution is -0.123. The summed E-state index contributed by atoms with van der Waals surface area (Å²) in [5, 5.41) is 5.65. The van der Waals surface area contributed by atoms with Crippen LogP contribution >= 0.6 is 0 Å². The highest BCUT2D eigenvalue weighted by atomic mass is 16.2. The van der Waals surface area contributed by atoms with Gasteiger partial charge in [0, 0.05) is 17.4 Å². The van der Waals surface area contributed by atoms with Crippen molar-refractivity contribution in [2.24, 2.45) is 0 Å². The van der Waals surface area contributed by atoms with E-state index in [2.05, 4.69) is 24.5 Å². The Hall–Kier alpha value is -2.82. The molecule has 0 bridgehead atoms. The first-order valence-corrected chi connectivity index (χ1v) is 9.65. The van der Waals surface area contributed by atoms with Crippen LogP contribution in [0.2, 0.25) is 0 Å². The number of carbonyl (C=O) groups excluding carboxylic acids is 2. The highest BCUT2D eigenvalue weighted by Crippen LogP contribution is 2.22. The molecule has 2 N–H and O–H groups in total. The van der Waals surface area contributed by atoms with E-state index in [1.165, 1.54) is 0 Å². The Labute approximate surface area is 168 Å². The van der Waals surface area contributed by atoms with Crippen molar-refractivity contribution in [3.05, 3.63) is 58.7 Å². The van der Waals surface area contributed by atoms with Crippen molar-refractivity contribution in [3.63, 3.8) is 0 Å². The Bertz CT molecular complexity index is 836. The molecule has 0 atom stereocenters. The van der Waals surface area contributed by atoms with E-state index in [9.17, 15) is 9.59 Å². The van der Waals surface area contributed by atoms with Gasteiger partial charge < -0.3 is 15.5 Å². The predicted molar refractivity (Wildman–Crippen MR) is 116 cm³/mol. The minimum atomic E-state index is -0.226. The number of hydrogen-bond acceptors (Lipinski definition) is 3. The second-order valence-electron chi connectivity index (χ2n) is 7.61. The van der Waals surface area contributed by atoms with E-state index < -0.39 is 0 Å². The van der Waals surface area contributed by atoms with Gasteiger partial charge in [0.05, 0.1) is 13.1 Å². The molecule has 5 nitrogen and oxygen atoms in total. The van der Waals surface area contributed by atoms with Crippen LogP contribution in [0.15, 0.2) is 36.4 Å². The van der Waals surface area contributed by atoms with Crippen molar-refractivity contribution in [2.45, 2.75) is 47.6 Å². The van der Waals surface area contributed by atoms with Gasteiger partial charge in [0.2, 0.25) is 11.8 Å². The van der Waals surface area contributed by atoms with Gasteiger partial charge in [-0.05, 0) is 64.3 Å². The zero-order valence-corrected chi connectivity index (χ0v) is 17.7. The number of hydrogen-bond donors (Lipinski definition) is 2. The summed E-state index contributed by atoms with van der Waals surface area (Å²) in [5.41, 5.74) is 6.15. The molecule has 0 saturated carbocycles. The molecule has 2 amide bonds. The third-order valence-electron chi connectivity index (χ3n) is 4.75. The lowest BCUT2D eigenvalue weighted by Crippen LogP contribution is -2.43. The lowest BCUT2D eigenvalue weighted by atomic mass is 10.1. The average molecular weight is 382 g/mol. The molecule has 0 saturated heterocycles. The predicted octanol–water partition coefficient (Wildman–Crippen LogP) is 3.89. The van der Waals surface area contributed by atoms with Gasteiger partial charge in [-0.3, -0.25) is 9.59 Å². The fourth-order valence-electron chi connectivity index (χ4n) is 3.38. The van der Waals surface area contributed by atoms with Crippen molar-refractivity contribution >= 4 is 23.2 Å². The molecule has 0 radical (unpaired) electrons. The molecule has 2 aromatic carbocycles. The molecule has 0 aliphatic carbocycles. The third-order valence-corrected chi connectivity index (χ3v) is 4.75. The number of aryl methyl sites for hydroxylation is 4. The Morgan fingerprint density at radius 3 is 2.11 bits per heavy atom. The van der Waals surface area contributed by atoms with Crippen LogP contribution in [0.3, 0.4) is 0 Å². The molecule has 0 fully saturated rings. The van der Waals surface area contributed by atoms with Crippen molar-refractivity contribution in [3.8, 4) is 0 Å². The van der Waals surface area contributed by atoms with Crippen LogP contribution in [-0.2, 0) is 9.59 Å². The second-order valence-corrected chi connectivity index (χ2v) is 7.61. The molecular weight excluding hydrogens is 350 g/mol. The minimum Gasteiger partial charge on any atom is -0.360 e. The van der Waals surface area contributed by atoms with Gasteiger partial charge in [0.25, 0.3) is 0 Å². The van der Waals surface area contributed by atoms with Gasteiger partial charge in [-0.1, -0.05) is 35.9 Å². The van der Waals surface area contributed by atoms with Crippen LogP contribution in [0.4, 0.5) is 11.4 Å². The topological polar surface area (TPSA) is 61.4 Å². The SMILES string of the molecule is Cc1cc(C)c(NC(=O)CNC(=O)CN(c2ccccc2C)C(C)C)c(C)c1. The third kappa shape index (κ3) is 5.59. The molecule has 0 aromatic heterocycles.